The molecular weight excluding hydrogens is 653 g/mol. The monoisotopic (exact) mass is 698 g/mol. The summed E-state index contributed by atoms with van der Waals surface area (Å²) in [4.78, 5) is 34.8. The van der Waals surface area contributed by atoms with Crippen LogP contribution in [0.2, 0.25) is 0 Å². The molecule has 1 atom stereocenters. The van der Waals surface area contributed by atoms with E-state index in [1.54, 1.807) is 35.5 Å². The van der Waals surface area contributed by atoms with E-state index in [0.717, 1.165) is 35.2 Å². The first kappa shape index (κ1) is 35.4. The molecule has 4 bridgehead atoms. The minimum Gasteiger partial charge on any atom is -0.475 e. The molecule has 4 aromatic rings. The van der Waals surface area contributed by atoms with Gasteiger partial charge in [-0.2, -0.15) is 4.98 Å². The molecule has 4 heterocycles. The van der Waals surface area contributed by atoms with Crippen LogP contribution in [-0.4, -0.2) is 65.0 Å². The molecule has 1 amide bonds. The number of nitrogens with zero attached hydrogens (tertiary/aromatic N) is 5. The third-order valence-electron chi connectivity index (χ3n) is 9.17. The van der Waals surface area contributed by atoms with Crippen LogP contribution >= 0.6 is 0 Å². The lowest BCUT2D eigenvalue weighted by molar-refractivity contribution is 0.0508. The van der Waals surface area contributed by atoms with Crippen LogP contribution < -0.4 is 9.46 Å². The first-order valence-electron chi connectivity index (χ1n) is 17.2. The molecule has 0 unspecified atom stereocenters. The van der Waals surface area contributed by atoms with E-state index in [-0.39, 0.29) is 58.6 Å². The molecule has 2 aliphatic heterocycles. The van der Waals surface area contributed by atoms with Crippen molar-refractivity contribution < 1.29 is 22.7 Å². The Labute approximate surface area is 294 Å². The molecule has 0 radical (unpaired) electrons. The third-order valence-corrected chi connectivity index (χ3v) is 10.5. The smallest absolute Gasteiger partial charge is 0.264 e. The minimum absolute atomic E-state index is 0.0780. The van der Waals surface area contributed by atoms with Crippen LogP contribution in [0.4, 0.5) is 5.95 Å². The SMILES string of the molecule is Cc1cccc(C(C)C)c1-c1cc2nc(n1)NS(=O)(=O)c1cccc(c1)C(=O)N(Cc1cnc(C3CCOCC3)cn1)[C@H](CC(C)(C)C)CO2. The molecule has 2 aromatic heterocycles. The molecule has 6 rings (SSSR count). The molecule has 2 aromatic carbocycles. The van der Waals surface area contributed by atoms with E-state index in [1.165, 1.54) is 12.1 Å². The second-order valence-corrected chi connectivity index (χ2v) is 16.4. The fraction of sp³-hybridized carbons (Fsp3) is 0.447. The van der Waals surface area contributed by atoms with E-state index < -0.39 is 16.1 Å². The van der Waals surface area contributed by atoms with Gasteiger partial charge >= 0.3 is 0 Å². The molecule has 0 spiro atoms. The molecular formula is C38H46N6O5S. The molecule has 1 saturated heterocycles. The highest BCUT2D eigenvalue weighted by atomic mass is 32.2. The molecule has 2 aliphatic rings. The van der Waals surface area contributed by atoms with Gasteiger partial charge in [-0.15, -0.1) is 0 Å². The maximum absolute atomic E-state index is 14.5. The number of aryl methyl sites for hydroxylation is 1. The quantitative estimate of drug-likeness (QED) is 0.228. The van der Waals surface area contributed by atoms with Crippen LogP contribution in [0.3, 0.4) is 0 Å². The van der Waals surface area contributed by atoms with Gasteiger partial charge in [-0.25, -0.2) is 18.1 Å². The van der Waals surface area contributed by atoms with E-state index >= 15 is 0 Å². The number of benzene rings is 2. The van der Waals surface area contributed by atoms with Gasteiger partial charge in [0.15, 0.2) is 0 Å². The molecule has 0 aliphatic carbocycles. The lowest BCUT2D eigenvalue weighted by atomic mass is 9.87. The standard InChI is InChI=1S/C38H46N6O5S/c1-24(2)31-12-7-9-25(3)35(31)32-18-34-42-37(41-32)43-50(46,47)30-11-8-10-27(17-30)36(45)44(29(23-49-34)19-38(4,5)6)22-28-20-40-33(21-39-28)26-13-15-48-16-14-26/h7-12,17-18,20-21,24,26,29H,13-16,19,22-23H2,1-6H3,(H,41,42,43)/t29-/m1/s1. The Balaban J connectivity index is 1.45. The van der Waals surface area contributed by atoms with Crippen LogP contribution in [0.1, 0.15) is 98.6 Å². The second kappa shape index (κ2) is 14.4. The molecule has 264 valence electrons. The number of ether oxygens (including phenoxy) is 2. The number of sulfonamides is 1. The maximum atomic E-state index is 14.5. The van der Waals surface area contributed by atoms with E-state index in [4.69, 9.17) is 19.4 Å². The van der Waals surface area contributed by atoms with Crippen LogP contribution in [0.5, 0.6) is 5.88 Å². The Morgan fingerprint density at radius 1 is 1.00 bits per heavy atom. The number of carbonyl (C=O) groups is 1. The molecule has 12 heteroatoms. The van der Waals surface area contributed by atoms with E-state index in [9.17, 15) is 13.2 Å². The number of rotatable bonds is 6. The van der Waals surface area contributed by atoms with E-state index in [1.807, 2.05) is 19.1 Å². The number of nitrogens with one attached hydrogen (secondary N) is 1. The van der Waals surface area contributed by atoms with Crippen molar-refractivity contribution >= 4 is 21.9 Å². The number of anilines is 1. The first-order chi connectivity index (χ1) is 23.8. The molecule has 50 heavy (non-hydrogen) atoms. The van der Waals surface area contributed by atoms with Crippen molar-refractivity contribution in [2.45, 2.75) is 90.1 Å². The Hall–Kier alpha value is -4.42. The maximum Gasteiger partial charge on any atom is 0.264 e. The Bertz CT molecular complexity index is 1950. The fourth-order valence-corrected chi connectivity index (χ4v) is 7.66. The summed E-state index contributed by atoms with van der Waals surface area (Å²) in [5.41, 5.74) is 5.07. The Kier molecular flexibility index (Phi) is 10.2. The van der Waals surface area contributed by atoms with Crippen molar-refractivity contribution in [3.05, 3.63) is 89.0 Å². The number of hydrogen-bond donors (Lipinski definition) is 1. The van der Waals surface area contributed by atoms with Crippen molar-refractivity contribution in [2.24, 2.45) is 5.41 Å². The normalized spacial score (nSPS) is 18.4. The summed E-state index contributed by atoms with van der Waals surface area (Å²) >= 11 is 0. The van der Waals surface area contributed by atoms with Crippen molar-refractivity contribution in [1.29, 1.82) is 0 Å². The lowest BCUT2D eigenvalue weighted by Gasteiger charge is -2.35. The van der Waals surface area contributed by atoms with Crippen molar-refractivity contribution in [2.75, 3.05) is 24.5 Å². The van der Waals surface area contributed by atoms with Gasteiger partial charge in [0, 0.05) is 42.5 Å². The zero-order valence-electron chi connectivity index (χ0n) is 29.6. The van der Waals surface area contributed by atoms with Gasteiger partial charge in [-0.1, -0.05) is 58.9 Å². The van der Waals surface area contributed by atoms with Gasteiger partial charge < -0.3 is 14.4 Å². The van der Waals surface area contributed by atoms with E-state index in [2.05, 4.69) is 55.4 Å². The summed E-state index contributed by atoms with van der Waals surface area (Å²) in [6.45, 7) is 14.2. The summed E-state index contributed by atoms with van der Waals surface area (Å²) in [5.74, 6) is 0.219. The van der Waals surface area contributed by atoms with Gasteiger partial charge in [-0.05, 0) is 66.8 Å². The van der Waals surface area contributed by atoms with Gasteiger partial charge in [0.2, 0.25) is 11.8 Å². The second-order valence-electron chi connectivity index (χ2n) is 14.7. The molecule has 0 saturated carbocycles. The van der Waals surface area contributed by atoms with Crippen molar-refractivity contribution in [3.63, 3.8) is 0 Å². The van der Waals surface area contributed by atoms with Gasteiger partial charge in [-0.3, -0.25) is 14.8 Å². The van der Waals surface area contributed by atoms with Crippen molar-refractivity contribution in [3.8, 4) is 17.1 Å². The van der Waals surface area contributed by atoms with Crippen LogP contribution in [0.15, 0.2) is 65.8 Å². The lowest BCUT2D eigenvalue weighted by Crippen LogP contribution is -2.45. The van der Waals surface area contributed by atoms with Crippen molar-refractivity contribution in [1.82, 2.24) is 24.8 Å². The summed E-state index contributed by atoms with van der Waals surface area (Å²) < 4.78 is 42.0. The number of fused-ring (bicyclic) bond motifs is 4. The molecule has 11 nitrogen and oxygen atoms in total. The first-order valence-corrected chi connectivity index (χ1v) is 18.7. The topological polar surface area (TPSA) is 136 Å². The van der Waals surface area contributed by atoms with Gasteiger partial charge in [0.25, 0.3) is 15.9 Å². The third kappa shape index (κ3) is 8.13. The van der Waals surface area contributed by atoms with Crippen LogP contribution in [-0.2, 0) is 21.3 Å². The predicted octanol–water partition coefficient (Wildman–Crippen LogP) is 6.90. The van der Waals surface area contributed by atoms with E-state index in [0.29, 0.717) is 31.0 Å². The van der Waals surface area contributed by atoms with Crippen LogP contribution in [0, 0.1) is 12.3 Å². The highest BCUT2D eigenvalue weighted by Gasteiger charge is 2.32. The largest absolute Gasteiger partial charge is 0.475 e. The highest BCUT2D eigenvalue weighted by molar-refractivity contribution is 7.92. The Morgan fingerprint density at radius 3 is 2.46 bits per heavy atom. The molecule has 1 fully saturated rings. The average Bonchev–Trinajstić information content (AvgIpc) is 3.08. The van der Waals surface area contributed by atoms with Crippen LogP contribution in [0.25, 0.3) is 11.3 Å². The number of amides is 1. The predicted molar refractivity (Wildman–Crippen MR) is 192 cm³/mol. The van der Waals surface area contributed by atoms with Gasteiger partial charge in [0.1, 0.15) is 6.61 Å². The number of hydrogen-bond acceptors (Lipinski definition) is 9. The average molecular weight is 699 g/mol. The summed E-state index contributed by atoms with van der Waals surface area (Å²) in [7, 11) is -4.18. The highest BCUT2D eigenvalue weighted by Crippen LogP contribution is 2.34. The molecule has 1 N–H and O–H groups in total. The summed E-state index contributed by atoms with van der Waals surface area (Å²) in [6, 6.07) is 13.4. The fourth-order valence-electron chi connectivity index (χ4n) is 6.67. The zero-order valence-corrected chi connectivity index (χ0v) is 30.5. The summed E-state index contributed by atoms with van der Waals surface area (Å²) in [5, 5.41) is 0. The number of aromatic nitrogens is 4. The Morgan fingerprint density at radius 2 is 1.76 bits per heavy atom. The summed E-state index contributed by atoms with van der Waals surface area (Å²) in [6.07, 6.45) is 5.91. The van der Waals surface area contributed by atoms with Gasteiger partial charge in [0.05, 0.1) is 40.8 Å². The number of carbonyl (C=O) groups excluding carboxylic acids is 1. The zero-order chi connectivity index (χ0) is 35.6. The minimum atomic E-state index is -4.18.